The molecule has 0 atom stereocenters. The van der Waals surface area contributed by atoms with Gasteiger partial charge in [0.15, 0.2) is 10.9 Å². The number of carbonyl (C=O) groups excluding carboxylic acids is 2. The van der Waals surface area contributed by atoms with Gasteiger partial charge in [0.1, 0.15) is 0 Å². The number of carbonyl (C=O) groups is 3. The average Bonchev–Trinajstić information content (AvgIpc) is 3.09. The molecule has 0 saturated heterocycles. The third-order valence-corrected chi connectivity index (χ3v) is 5.47. The van der Waals surface area contributed by atoms with Gasteiger partial charge in [-0.3, -0.25) is 14.4 Å². The number of thiazole rings is 1. The summed E-state index contributed by atoms with van der Waals surface area (Å²) in [7, 11) is 0. The molecular formula is C19H20N2O4S. The first-order chi connectivity index (χ1) is 12.5. The number of nitrogens with one attached hydrogen (secondary N) is 1. The maximum absolute atomic E-state index is 12.3. The quantitative estimate of drug-likeness (QED) is 0.758. The molecule has 1 aromatic heterocycles. The first-order valence-corrected chi connectivity index (χ1v) is 9.47. The second-order valence-corrected chi connectivity index (χ2v) is 7.34. The van der Waals surface area contributed by atoms with Crippen LogP contribution in [0, 0.1) is 11.8 Å². The fourth-order valence-corrected chi connectivity index (χ4v) is 3.86. The lowest BCUT2D eigenvalue weighted by molar-refractivity contribution is -0.143. The van der Waals surface area contributed by atoms with Gasteiger partial charge in [-0.15, -0.1) is 11.3 Å². The molecule has 0 aliphatic heterocycles. The van der Waals surface area contributed by atoms with Gasteiger partial charge in [0.2, 0.25) is 5.91 Å². The Kier molecular flexibility index (Phi) is 5.78. The van der Waals surface area contributed by atoms with Crippen LogP contribution in [-0.4, -0.2) is 27.8 Å². The Morgan fingerprint density at radius 1 is 1.08 bits per heavy atom. The normalized spacial score (nSPS) is 19.7. The maximum atomic E-state index is 12.3. The molecule has 1 heterocycles. The summed E-state index contributed by atoms with van der Waals surface area (Å²) in [6.07, 6.45) is 2.41. The van der Waals surface area contributed by atoms with Crippen LogP contribution in [-0.2, 0) is 16.0 Å². The molecule has 0 radical (unpaired) electrons. The van der Waals surface area contributed by atoms with E-state index in [1.807, 2.05) is 18.2 Å². The zero-order valence-corrected chi connectivity index (χ0v) is 15.0. The van der Waals surface area contributed by atoms with E-state index in [0.717, 1.165) is 0 Å². The predicted molar refractivity (Wildman–Crippen MR) is 98.3 cm³/mol. The van der Waals surface area contributed by atoms with E-state index in [2.05, 4.69) is 10.3 Å². The molecule has 0 bridgehead atoms. The minimum Gasteiger partial charge on any atom is -0.481 e. The number of benzene rings is 1. The molecule has 0 spiro atoms. The van der Waals surface area contributed by atoms with Crippen LogP contribution in [0.3, 0.4) is 0 Å². The Morgan fingerprint density at radius 2 is 1.73 bits per heavy atom. The maximum Gasteiger partial charge on any atom is 0.306 e. The van der Waals surface area contributed by atoms with Crippen LogP contribution in [0.2, 0.25) is 0 Å². The molecule has 2 N–H and O–H groups in total. The molecule has 7 heteroatoms. The van der Waals surface area contributed by atoms with E-state index in [9.17, 15) is 14.4 Å². The molecular weight excluding hydrogens is 352 g/mol. The number of aliphatic carboxylic acids is 1. The molecule has 1 amide bonds. The monoisotopic (exact) mass is 372 g/mol. The number of carboxylic acid groups (broad SMARTS) is 1. The summed E-state index contributed by atoms with van der Waals surface area (Å²) in [5.74, 6) is -1.43. The number of Topliss-reactive ketones (excluding diaryl/α,β-unsaturated/α-hetero) is 1. The Hall–Kier alpha value is -2.54. The molecule has 136 valence electrons. The standard InChI is InChI=1S/C19H20N2O4S/c22-16(12-4-2-1-3-5-12)10-15-11-26-19(20-15)21-17(23)13-6-8-14(9-7-13)18(24)25/h1-5,11,13-14H,6-10H2,(H,24,25)(H,20,21,23). The first kappa shape index (κ1) is 18.3. The van der Waals surface area contributed by atoms with Crippen molar-refractivity contribution < 1.29 is 19.5 Å². The van der Waals surface area contributed by atoms with E-state index in [-0.39, 0.29) is 29.9 Å². The van der Waals surface area contributed by atoms with Gasteiger partial charge in [0.05, 0.1) is 18.0 Å². The Bertz CT molecular complexity index is 795. The summed E-state index contributed by atoms with van der Waals surface area (Å²) < 4.78 is 0. The summed E-state index contributed by atoms with van der Waals surface area (Å²) >= 11 is 1.30. The minimum absolute atomic E-state index is 0.0132. The van der Waals surface area contributed by atoms with E-state index in [1.165, 1.54) is 11.3 Å². The topological polar surface area (TPSA) is 96.4 Å². The molecule has 1 saturated carbocycles. The summed E-state index contributed by atoms with van der Waals surface area (Å²) in [6, 6.07) is 9.03. The van der Waals surface area contributed by atoms with Gasteiger partial charge in [-0.1, -0.05) is 30.3 Å². The SMILES string of the molecule is O=C(Cc1csc(NC(=O)C2CCC(C(=O)O)CC2)n1)c1ccccc1. The second kappa shape index (κ2) is 8.23. The highest BCUT2D eigenvalue weighted by Gasteiger charge is 2.30. The number of rotatable bonds is 6. The van der Waals surface area contributed by atoms with Gasteiger partial charge >= 0.3 is 5.97 Å². The number of hydrogen-bond acceptors (Lipinski definition) is 5. The summed E-state index contributed by atoms with van der Waals surface area (Å²) in [5.41, 5.74) is 1.27. The van der Waals surface area contributed by atoms with Gasteiger partial charge in [0, 0.05) is 16.9 Å². The third kappa shape index (κ3) is 4.54. The lowest BCUT2D eigenvalue weighted by Crippen LogP contribution is -2.29. The second-order valence-electron chi connectivity index (χ2n) is 6.49. The fraction of sp³-hybridized carbons (Fsp3) is 0.368. The van der Waals surface area contributed by atoms with Crippen LogP contribution >= 0.6 is 11.3 Å². The van der Waals surface area contributed by atoms with Gasteiger partial charge in [-0.05, 0) is 25.7 Å². The third-order valence-electron chi connectivity index (χ3n) is 4.67. The smallest absolute Gasteiger partial charge is 0.306 e. The molecule has 6 nitrogen and oxygen atoms in total. The highest BCUT2D eigenvalue weighted by Crippen LogP contribution is 2.30. The minimum atomic E-state index is -0.781. The van der Waals surface area contributed by atoms with Crippen molar-refractivity contribution in [2.45, 2.75) is 32.1 Å². The predicted octanol–water partition coefficient (Wildman–Crippen LogP) is 3.40. The molecule has 26 heavy (non-hydrogen) atoms. The Morgan fingerprint density at radius 3 is 2.38 bits per heavy atom. The zero-order valence-electron chi connectivity index (χ0n) is 14.2. The molecule has 3 rings (SSSR count). The van der Waals surface area contributed by atoms with Crippen LogP contribution in [0.1, 0.15) is 41.7 Å². The van der Waals surface area contributed by atoms with Crippen molar-refractivity contribution in [1.82, 2.24) is 4.98 Å². The summed E-state index contributed by atoms with van der Waals surface area (Å²) in [5, 5.41) is 14.1. The van der Waals surface area contributed by atoms with Crippen molar-refractivity contribution in [3.8, 4) is 0 Å². The van der Waals surface area contributed by atoms with Gasteiger partial charge in [-0.25, -0.2) is 4.98 Å². The van der Waals surface area contributed by atoms with Gasteiger partial charge in [0.25, 0.3) is 0 Å². The van der Waals surface area contributed by atoms with Crippen LogP contribution in [0.5, 0.6) is 0 Å². The first-order valence-electron chi connectivity index (χ1n) is 8.59. The van der Waals surface area contributed by atoms with Crippen molar-refractivity contribution in [3.05, 3.63) is 47.0 Å². The van der Waals surface area contributed by atoms with Gasteiger partial charge in [-0.2, -0.15) is 0 Å². The summed E-state index contributed by atoms with van der Waals surface area (Å²) in [4.78, 5) is 39.9. The molecule has 1 aromatic carbocycles. The summed E-state index contributed by atoms with van der Waals surface area (Å²) in [6.45, 7) is 0. The highest BCUT2D eigenvalue weighted by atomic mass is 32.1. The lowest BCUT2D eigenvalue weighted by atomic mass is 9.81. The molecule has 1 aliphatic rings. The van der Waals surface area contributed by atoms with Crippen LogP contribution in [0.15, 0.2) is 35.7 Å². The Labute approximate surface area is 155 Å². The number of hydrogen-bond donors (Lipinski definition) is 2. The number of nitrogens with zero attached hydrogens (tertiary/aromatic N) is 1. The largest absolute Gasteiger partial charge is 0.481 e. The van der Waals surface area contributed by atoms with Crippen molar-refractivity contribution in [2.24, 2.45) is 11.8 Å². The van der Waals surface area contributed by atoms with E-state index in [1.54, 1.807) is 17.5 Å². The van der Waals surface area contributed by atoms with E-state index in [0.29, 0.717) is 42.1 Å². The van der Waals surface area contributed by atoms with E-state index >= 15 is 0 Å². The van der Waals surface area contributed by atoms with Crippen molar-refractivity contribution in [2.75, 3.05) is 5.32 Å². The number of aromatic nitrogens is 1. The number of ketones is 1. The number of anilines is 1. The zero-order chi connectivity index (χ0) is 18.5. The fourth-order valence-electron chi connectivity index (χ4n) is 3.15. The van der Waals surface area contributed by atoms with Crippen molar-refractivity contribution in [1.29, 1.82) is 0 Å². The van der Waals surface area contributed by atoms with Crippen LogP contribution < -0.4 is 5.32 Å². The molecule has 2 aromatic rings. The molecule has 1 fully saturated rings. The van der Waals surface area contributed by atoms with Crippen LogP contribution in [0.4, 0.5) is 5.13 Å². The highest BCUT2D eigenvalue weighted by molar-refractivity contribution is 7.13. The molecule has 0 unspecified atom stereocenters. The van der Waals surface area contributed by atoms with Crippen LogP contribution in [0.25, 0.3) is 0 Å². The van der Waals surface area contributed by atoms with E-state index in [4.69, 9.17) is 5.11 Å². The van der Waals surface area contributed by atoms with Gasteiger partial charge < -0.3 is 10.4 Å². The number of carboxylic acids is 1. The van der Waals surface area contributed by atoms with E-state index < -0.39 is 5.97 Å². The average molecular weight is 372 g/mol. The molecule has 1 aliphatic carbocycles. The van der Waals surface area contributed by atoms with Crippen molar-refractivity contribution in [3.63, 3.8) is 0 Å². The number of amides is 1. The van der Waals surface area contributed by atoms with Crippen molar-refractivity contribution >= 4 is 34.1 Å². The Balaban J connectivity index is 1.53. The lowest BCUT2D eigenvalue weighted by Gasteiger charge is -2.24.